The summed E-state index contributed by atoms with van der Waals surface area (Å²) < 4.78 is 33.3. The number of alkyl halides is 2. The van der Waals surface area contributed by atoms with E-state index in [0.717, 1.165) is 4.90 Å². The van der Waals surface area contributed by atoms with E-state index in [1.165, 1.54) is 17.0 Å². The second-order valence-corrected chi connectivity index (χ2v) is 10.5. The van der Waals surface area contributed by atoms with Crippen LogP contribution in [0.5, 0.6) is 5.75 Å². The second-order valence-electron chi connectivity index (χ2n) is 10.5. The van der Waals surface area contributed by atoms with Crippen molar-refractivity contribution < 1.29 is 37.5 Å². The molecule has 2 atom stereocenters. The molecular formula is C30H25F2N5O6. The van der Waals surface area contributed by atoms with Crippen molar-refractivity contribution in [1.29, 1.82) is 0 Å². The number of amides is 5. The number of hydrogen-bond donors (Lipinski definition) is 2. The summed E-state index contributed by atoms with van der Waals surface area (Å²) in [5, 5.41) is 5.34. The third-order valence-electron chi connectivity index (χ3n) is 7.69. The van der Waals surface area contributed by atoms with Gasteiger partial charge in [-0.2, -0.15) is 0 Å². The third-order valence-corrected chi connectivity index (χ3v) is 7.69. The number of nitrogens with zero attached hydrogens (tertiary/aromatic N) is 3. The van der Waals surface area contributed by atoms with Crippen molar-refractivity contribution in [2.75, 3.05) is 17.3 Å². The maximum Gasteiger partial charge on any atom is 0.280 e. The number of anilines is 3. The van der Waals surface area contributed by atoms with Crippen LogP contribution in [0.1, 0.15) is 58.3 Å². The summed E-state index contributed by atoms with van der Waals surface area (Å²) in [5.41, 5.74) is 1.72. The summed E-state index contributed by atoms with van der Waals surface area (Å²) in [4.78, 5) is 70.1. The third kappa shape index (κ3) is 4.66. The van der Waals surface area contributed by atoms with Crippen molar-refractivity contribution in [1.82, 2.24) is 15.2 Å². The van der Waals surface area contributed by atoms with Crippen molar-refractivity contribution in [2.45, 2.75) is 45.3 Å². The fraction of sp³-hybridized carbons (Fsp3) is 0.267. The van der Waals surface area contributed by atoms with E-state index in [1.807, 2.05) is 0 Å². The molecule has 3 aromatic rings. The number of nitrogens with one attached hydrogen (secondary N) is 2. The van der Waals surface area contributed by atoms with E-state index in [-0.39, 0.29) is 35.6 Å². The number of halogens is 2. The van der Waals surface area contributed by atoms with Crippen molar-refractivity contribution in [3.63, 3.8) is 0 Å². The van der Waals surface area contributed by atoms with Crippen molar-refractivity contribution >= 4 is 46.6 Å². The molecule has 220 valence electrons. The van der Waals surface area contributed by atoms with Crippen LogP contribution in [0, 0.1) is 6.92 Å². The van der Waals surface area contributed by atoms with Gasteiger partial charge in [0, 0.05) is 30.4 Å². The highest BCUT2D eigenvalue weighted by molar-refractivity contribution is 6.25. The van der Waals surface area contributed by atoms with Gasteiger partial charge in [-0.1, -0.05) is 6.07 Å². The first-order chi connectivity index (χ1) is 20.4. The summed E-state index contributed by atoms with van der Waals surface area (Å²) >= 11 is 0. The summed E-state index contributed by atoms with van der Waals surface area (Å²) in [5.74, 6) is -2.57. The standard InChI is InChI=1S/C30H25F2N5O6/c1-13-9-15(10-20(33-13)26(31)32)17-11-23-22(36(3)28(40)14(2)43-23)12-19(17)34-18-6-4-5-16-25(18)30(42)37(29(16)41)21-7-8-24(38)35-27(21)39/h4-6,9-12,14,21,26,34H,7-8H2,1-3H3,(H,35,38,39)/t14-,21-/m0/s1. The molecular weight excluding hydrogens is 564 g/mol. The molecule has 0 saturated carbocycles. The average Bonchev–Trinajstić information content (AvgIpc) is 3.21. The number of aryl methyl sites for hydroxylation is 1. The van der Waals surface area contributed by atoms with Crippen LogP contribution in [-0.2, 0) is 14.4 Å². The molecule has 2 aromatic carbocycles. The second kappa shape index (κ2) is 10.3. The van der Waals surface area contributed by atoms with E-state index in [4.69, 9.17) is 4.74 Å². The van der Waals surface area contributed by atoms with Gasteiger partial charge in [0.2, 0.25) is 11.8 Å². The van der Waals surface area contributed by atoms with Crippen LogP contribution in [0.2, 0.25) is 0 Å². The number of imide groups is 2. The first kappa shape index (κ1) is 27.9. The molecule has 3 aliphatic rings. The van der Waals surface area contributed by atoms with Gasteiger partial charge in [-0.3, -0.25) is 39.2 Å². The van der Waals surface area contributed by atoms with Crippen LogP contribution in [0.3, 0.4) is 0 Å². The number of pyridine rings is 1. The van der Waals surface area contributed by atoms with E-state index in [0.29, 0.717) is 33.9 Å². The lowest BCUT2D eigenvalue weighted by Crippen LogP contribution is -2.54. The number of ether oxygens (including phenoxy) is 1. The Morgan fingerprint density at radius 1 is 1.02 bits per heavy atom. The molecule has 0 radical (unpaired) electrons. The minimum absolute atomic E-state index is 0.000513. The van der Waals surface area contributed by atoms with Gasteiger partial charge in [0.25, 0.3) is 24.1 Å². The fourth-order valence-corrected chi connectivity index (χ4v) is 5.63. The molecule has 3 aliphatic heterocycles. The van der Waals surface area contributed by atoms with Crippen LogP contribution < -0.4 is 20.3 Å². The molecule has 43 heavy (non-hydrogen) atoms. The Balaban J connectivity index is 1.47. The SMILES string of the molecule is Cc1cc(-c2cc3c(cc2Nc2cccc4c2C(=O)N([C@H]2CCC(=O)NC2=O)C4=O)N(C)C(=O)[C@H](C)O3)cc(C(F)F)n1. The zero-order chi connectivity index (χ0) is 30.7. The van der Waals surface area contributed by atoms with E-state index >= 15 is 0 Å². The largest absolute Gasteiger partial charge is 0.479 e. The monoisotopic (exact) mass is 589 g/mol. The topological polar surface area (TPSA) is 138 Å². The summed E-state index contributed by atoms with van der Waals surface area (Å²) in [6.45, 7) is 3.19. The molecule has 6 rings (SSSR count). The molecule has 5 amide bonds. The van der Waals surface area contributed by atoms with Crippen LogP contribution >= 0.6 is 0 Å². The molecule has 0 spiro atoms. The predicted molar refractivity (Wildman–Crippen MR) is 149 cm³/mol. The van der Waals surface area contributed by atoms with Crippen LogP contribution in [0.15, 0.2) is 42.5 Å². The summed E-state index contributed by atoms with van der Waals surface area (Å²) in [6, 6.07) is 9.53. The van der Waals surface area contributed by atoms with Crippen LogP contribution in [-0.4, -0.2) is 58.6 Å². The lowest BCUT2D eigenvalue weighted by atomic mass is 9.99. The summed E-state index contributed by atoms with van der Waals surface area (Å²) in [7, 11) is 1.58. The molecule has 13 heteroatoms. The lowest BCUT2D eigenvalue weighted by molar-refractivity contribution is -0.136. The van der Waals surface area contributed by atoms with E-state index in [2.05, 4.69) is 15.6 Å². The molecule has 1 aromatic heterocycles. The van der Waals surface area contributed by atoms with Gasteiger partial charge >= 0.3 is 0 Å². The first-order valence-electron chi connectivity index (χ1n) is 13.5. The Hall–Kier alpha value is -5.20. The number of hydrogen-bond acceptors (Lipinski definition) is 8. The minimum atomic E-state index is -2.83. The number of rotatable bonds is 5. The first-order valence-corrected chi connectivity index (χ1v) is 13.5. The predicted octanol–water partition coefficient (Wildman–Crippen LogP) is 3.88. The molecule has 11 nitrogen and oxygen atoms in total. The highest BCUT2D eigenvalue weighted by Crippen LogP contribution is 2.44. The molecule has 4 heterocycles. The van der Waals surface area contributed by atoms with Crippen molar-refractivity contribution in [3.8, 4) is 16.9 Å². The Morgan fingerprint density at radius 2 is 1.79 bits per heavy atom. The van der Waals surface area contributed by atoms with Crippen LogP contribution in [0.25, 0.3) is 11.1 Å². The van der Waals surface area contributed by atoms with Gasteiger partial charge in [-0.15, -0.1) is 0 Å². The minimum Gasteiger partial charge on any atom is -0.479 e. The van der Waals surface area contributed by atoms with Gasteiger partial charge in [0.1, 0.15) is 17.5 Å². The fourth-order valence-electron chi connectivity index (χ4n) is 5.63. The van der Waals surface area contributed by atoms with Gasteiger partial charge in [-0.05, 0) is 62.2 Å². The van der Waals surface area contributed by atoms with Gasteiger partial charge in [-0.25, -0.2) is 8.78 Å². The quantitative estimate of drug-likeness (QED) is 0.428. The number of fused-ring (bicyclic) bond motifs is 2. The molecule has 1 saturated heterocycles. The van der Waals surface area contributed by atoms with Crippen molar-refractivity contribution in [2.24, 2.45) is 0 Å². The molecule has 1 fully saturated rings. The van der Waals surface area contributed by atoms with Crippen LogP contribution in [0.4, 0.5) is 25.8 Å². The normalized spacial score (nSPS) is 19.8. The van der Waals surface area contributed by atoms with E-state index in [1.54, 1.807) is 51.2 Å². The number of carbonyl (C=O) groups excluding carboxylic acids is 5. The lowest BCUT2D eigenvalue weighted by Gasteiger charge is -2.31. The zero-order valence-corrected chi connectivity index (χ0v) is 23.2. The highest BCUT2D eigenvalue weighted by atomic mass is 19.3. The Morgan fingerprint density at radius 3 is 2.51 bits per heavy atom. The number of likely N-dealkylation sites (N-methyl/N-ethyl adjacent to an activating group) is 1. The maximum absolute atomic E-state index is 13.7. The van der Waals surface area contributed by atoms with Gasteiger partial charge < -0.3 is 15.0 Å². The molecule has 0 aliphatic carbocycles. The molecule has 0 bridgehead atoms. The maximum atomic E-state index is 13.7. The Bertz CT molecular complexity index is 1760. The Kier molecular flexibility index (Phi) is 6.67. The number of piperidine rings is 1. The summed E-state index contributed by atoms with van der Waals surface area (Å²) in [6.07, 6.45) is -3.63. The van der Waals surface area contributed by atoms with Gasteiger partial charge in [0.15, 0.2) is 6.10 Å². The van der Waals surface area contributed by atoms with E-state index < -0.39 is 47.9 Å². The molecule has 2 N–H and O–H groups in total. The van der Waals surface area contributed by atoms with Crippen molar-refractivity contribution in [3.05, 3.63) is 65.0 Å². The van der Waals surface area contributed by atoms with Gasteiger partial charge in [0.05, 0.1) is 22.5 Å². The highest BCUT2D eigenvalue weighted by Gasteiger charge is 2.45. The number of carbonyl (C=O) groups is 5. The zero-order valence-electron chi connectivity index (χ0n) is 23.2. The smallest absolute Gasteiger partial charge is 0.280 e. The molecule has 0 unspecified atom stereocenters. The number of benzene rings is 2. The average molecular weight is 590 g/mol. The van der Waals surface area contributed by atoms with E-state index in [9.17, 15) is 32.8 Å². The number of aromatic nitrogens is 1. The Labute approximate surface area is 243 Å².